The van der Waals surface area contributed by atoms with Crippen LogP contribution in [0.3, 0.4) is 0 Å². The molecule has 1 saturated heterocycles. The van der Waals surface area contributed by atoms with E-state index in [1.54, 1.807) is 12.4 Å². The maximum atomic E-state index is 12.0. The van der Waals surface area contributed by atoms with Gasteiger partial charge in [-0.2, -0.15) is 0 Å². The average molecular weight is 342 g/mol. The van der Waals surface area contributed by atoms with Crippen LogP contribution in [0.1, 0.15) is 13.3 Å². The molecule has 1 fully saturated rings. The van der Waals surface area contributed by atoms with Gasteiger partial charge in [-0.3, -0.25) is 4.79 Å². The first kappa shape index (κ1) is 15.2. The summed E-state index contributed by atoms with van der Waals surface area (Å²) in [6.45, 7) is 6.76. The first-order valence-electron chi connectivity index (χ1n) is 6.91. The third-order valence-corrected chi connectivity index (χ3v) is 3.70. The molecule has 0 aliphatic carbocycles. The van der Waals surface area contributed by atoms with E-state index in [0.717, 1.165) is 49.7 Å². The van der Waals surface area contributed by atoms with Gasteiger partial charge in [0.25, 0.3) is 0 Å². The lowest BCUT2D eigenvalue weighted by Crippen LogP contribution is -2.49. The van der Waals surface area contributed by atoms with Crippen molar-refractivity contribution in [3.05, 3.63) is 16.9 Å². The summed E-state index contributed by atoms with van der Waals surface area (Å²) in [4.78, 5) is 24.6. The number of nitrogens with zero attached hydrogens (tertiary/aromatic N) is 4. The topological polar surface area (TPSA) is 61.4 Å². The van der Waals surface area contributed by atoms with Crippen molar-refractivity contribution >= 4 is 27.8 Å². The molecule has 0 atom stereocenters. The van der Waals surface area contributed by atoms with Crippen LogP contribution in [-0.2, 0) is 4.79 Å². The second-order valence-corrected chi connectivity index (χ2v) is 5.59. The standard InChI is InChI=1S/C13H20BrN5O/c1-2-15-4-3-12(20)18-5-7-19(8-6-18)13-16-9-11(14)10-17-13/h9-10,15H,2-8H2,1H3. The number of anilines is 1. The van der Waals surface area contributed by atoms with Crippen LogP contribution in [0.25, 0.3) is 0 Å². The number of aromatic nitrogens is 2. The Morgan fingerprint density at radius 1 is 1.30 bits per heavy atom. The zero-order valence-electron chi connectivity index (χ0n) is 11.7. The van der Waals surface area contributed by atoms with Gasteiger partial charge in [0, 0.05) is 51.5 Å². The monoisotopic (exact) mass is 341 g/mol. The molecule has 1 aromatic heterocycles. The minimum Gasteiger partial charge on any atom is -0.339 e. The smallest absolute Gasteiger partial charge is 0.225 e. The highest BCUT2D eigenvalue weighted by atomic mass is 79.9. The summed E-state index contributed by atoms with van der Waals surface area (Å²) in [5.74, 6) is 0.954. The Morgan fingerprint density at radius 3 is 2.55 bits per heavy atom. The van der Waals surface area contributed by atoms with Gasteiger partial charge in [-0.05, 0) is 22.5 Å². The van der Waals surface area contributed by atoms with E-state index in [1.807, 2.05) is 11.8 Å². The Bertz CT molecular complexity index is 431. The van der Waals surface area contributed by atoms with Crippen molar-refractivity contribution in [2.24, 2.45) is 0 Å². The van der Waals surface area contributed by atoms with Crippen molar-refractivity contribution in [3.63, 3.8) is 0 Å². The number of hydrogen-bond acceptors (Lipinski definition) is 5. The van der Waals surface area contributed by atoms with Gasteiger partial charge >= 0.3 is 0 Å². The molecular formula is C13H20BrN5O. The molecule has 1 aliphatic heterocycles. The third kappa shape index (κ3) is 4.14. The Morgan fingerprint density at radius 2 is 1.95 bits per heavy atom. The van der Waals surface area contributed by atoms with E-state index in [9.17, 15) is 4.79 Å². The molecule has 6 nitrogen and oxygen atoms in total. The van der Waals surface area contributed by atoms with Crippen molar-refractivity contribution < 1.29 is 4.79 Å². The van der Waals surface area contributed by atoms with Crippen molar-refractivity contribution in [1.29, 1.82) is 0 Å². The fourth-order valence-electron chi connectivity index (χ4n) is 2.15. The van der Waals surface area contributed by atoms with Gasteiger partial charge in [-0.1, -0.05) is 6.92 Å². The fraction of sp³-hybridized carbons (Fsp3) is 0.615. The zero-order valence-corrected chi connectivity index (χ0v) is 13.3. The highest BCUT2D eigenvalue weighted by Crippen LogP contribution is 2.13. The van der Waals surface area contributed by atoms with Gasteiger partial charge in [-0.25, -0.2) is 9.97 Å². The zero-order chi connectivity index (χ0) is 14.4. The van der Waals surface area contributed by atoms with Crippen LogP contribution in [0.2, 0.25) is 0 Å². The SMILES string of the molecule is CCNCCC(=O)N1CCN(c2ncc(Br)cn2)CC1. The van der Waals surface area contributed by atoms with Gasteiger partial charge in [0.15, 0.2) is 0 Å². The summed E-state index contributed by atoms with van der Waals surface area (Å²) in [6.07, 6.45) is 4.06. The first-order valence-corrected chi connectivity index (χ1v) is 7.71. The molecule has 20 heavy (non-hydrogen) atoms. The molecule has 2 rings (SSSR count). The van der Waals surface area contributed by atoms with E-state index in [4.69, 9.17) is 0 Å². The van der Waals surface area contributed by atoms with Crippen LogP contribution in [0, 0.1) is 0 Å². The lowest BCUT2D eigenvalue weighted by molar-refractivity contribution is -0.131. The molecule has 1 amide bonds. The molecule has 0 unspecified atom stereocenters. The fourth-order valence-corrected chi connectivity index (χ4v) is 2.36. The van der Waals surface area contributed by atoms with Crippen LogP contribution in [0.4, 0.5) is 5.95 Å². The summed E-state index contributed by atoms with van der Waals surface area (Å²) in [6, 6.07) is 0. The number of rotatable bonds is 5. The lowest BCUT2D eigenvalue weighted by atomic mass is 10.3. The molecule has 2 heterocycles. The van der Waals surface area contributed by atoms with Crippen molar-refractivity contribution in [1.82, 2.24) is 20.2 Å². The summed E-state index contributed by atoms with van der Waals surface area (Å²) in [5, 5.41) is 3.18. The van der Waals surface area contributed by atoms with Gasteiger partial charge < -0.3 is 15.1 Å². The second-order valence-electron chi connectivity index (χ2n) is 4.67. The predicted molar refractivity (Wildman–Crippen MR) is 81.7 cm³/mol. The van der Waals surface area contributed by atoms with Crippen LogP contribution in [0.5, 0.6) is 0 Å². The Hall–Kier alpha value is -1.21. The van der Waals surface area contributed by atoms with E-state index in [0.29, 0.717) is 6.42 Å². The maximum Gasteiger partial charge on any atom is 0.225 e. The number of nitrogens with one attached hydrogen (secondary N) is 1. The number of halogens is 1. The van der Waals surface area contributed by atoms with E-state index < -0.39 is 0 Å². The highest BCUT2D eigenvalue weighted by molar-refractivity contribution is 9.10. The lowest BCUT2D eigenvalue weighted by Gasteiger charge is -2.34. The number of piperazine rings is 1. The summed E-state index contributed by atoms with van der Waals surface area (Å²) in [5.41, 5.74) is 0. The molecule has 0 saturated carbocycles. The molecule has 1 aromatic rings. The second kappa shape index (κ2) is 7.54. The van der Waals surface area contributed by atoms with Gasteiger partial charge in [0.1, 0.15) is 0 Å². The maximum absolute atomic E-state index is 12.0. The molecule has 0 bridgehead atoms. The molecule has 0 spiro atoms. The largest absolute Gasteiger partial charge is 0.339 e. The van der Waals surface area contributed by atoms with Crippen LogP contribution in [0.15, 0.2) is 16.9 Å². The first-order chi connectivity index (χ1) is 9.70. The van der Waals surface area contributed by atoms with Crippen molar-refractivity contribution in [2.45, 2.75) is 13.3 Å². The van der Waals surface area contributed by atoms with Crippen LogP contribution < -0.4 is 10.2 Å². The molecule has 0 radical (unpaired) electrons. The summed E-state index contributed by atoms with van der Waals surface area (Å²) in [7, 11) is 0. The third-order valence-electron chi connectivity index (χ3n) is 3.29. The molecule has 7 heteroatoms. The Labute approximate surface area is 127 Å². The van der Waals surface area contributed by atoms with E-state index in [2.05, 4.69) is 36.1 Å². The highest BCUT2D eigenvalue weighted by Gasteiger charge is 2.21. The van der Waals surface area contributed by atoms with E-state index in [-0.39, 0.29) is 5.91 Å². The number of hydrogen-bond donors (Lipinski definition) is 1. The number of carbonyl (C=O) groups excluding carboxylic acids is 1. The van der Waals surface area contributed by atoms with Crippen molar-refractivity contribution in [2.75, 3.05) is 44.2 Å². The molecular weight excluding hydrogens is 322 g/mol. The Kier molecular flexibility index (Phi) is 5.72. The molecule has 110 valence electrons. The average Bonchev–Trinajstić information content (AvgIpc) is 2.48. The van der Waals surface area contributed by atoms with Crippen molar-refractivity contribution in [3.8, 4) is 0 Å². The molecule has 1 N–H and O–H groups in total. The predicted octanol–water partition coefficient (Wildman–Crippen LogP) is 0.887. The van der Waals surface area contributed by atoms with E-state index in [1.165, 1.54) is 0 Å². The number of amides is 1. The minimum absolute atomic E-state index is 0.224. The molecule has 0 aromatic carbocycles. The quantitative estimate of drug-likeness (QED) is 0.806. The van der Waals surface area contributed by atoms with Gasteiger partial charge in [-0.15, -0.1) is 0 Å². The van der Waals surface area contributed by atoms with Crippen LogP contribution >= 0.6 is 15.9 Å². The summed E-state index contributed by atoms with van der Waals surface area (Å²) >= 11 is 3.33. The minimum atomic E-state index is 0.224. The van der Waals surface area contributed by atoms with Gasteiger partial charge in [0.05, 0.1) is 4.47 Å². The van der Waals surface area contributed by atoms with Crippen LogP contribution in [-0.4, -0.2) is 60.0 Å². The summed E-state index contributed by atoms with van der Waals surface area (Å²) < 4.78 is 0.874. The van der Waals surface area contributed by atoms with Gasteiger partial charge in [0.2, 0.25) is 11.9 Å². The Balaban J connectivity index is 1.80. The normalized spacial score (nSPS) is 15.5. The number of carbonyl (C=O) groups is 1. The molecule has 1 aliphatic rings. The van der Waals surface area contributed by atoms with E-state index >= 15 is 0 Å².